The largest absolute Gasteiger partial charge is 0.508 e. The van der Waals surface area contributed by atoms with Crippen LogP contribution in [0.15, 0.2) is 42.5 Å². The fraction of sp³-hybridized carbons (Fsp3) is 0.375. The molecular weight excluding hydrogens is 352 g/mol. The van der Waals surface area contributed by atoms with E-state index in [9.17, 15) is 15.0 Å². The van der Waals surface area contributed by atoms with E-state index in [1.807, 2.05) is 6.07 Å². The number of hydrogen-bond donors (Lipinski definition) is 3. The van der Waals surface area contributed by atoms with E-state index >= 15 is 0 Å². The quantitative estimate of drug-likeness (QED) is 0.605. The van der Waals surface area contributed by atoms with Crippen LogP contribution in [0.3, 0.4) is 0 Å². The van der Waals surface area contributed by atoms with Crippen molar-refractivity contribution >= 4 is 11.7 Å². The maximum atomic E-state index is 10.9. The molecule has 0 aromatic heterocycles. The van der Waals surface area contributed by atoms with Crippen molar-refractivity contribution in [3.63, 3.8) is 0 Å². The van der Waals surface area contributed by atoms with Crippen molar-refractivity contribution in [1.82, 2.24) is 0 Å². The molecule has 1 aliphatic rings. The smallest absolute Gasteiger partial charge is 0.335 e. The molecule has 0 saturated heterocycles. The van der Waals surface area contributed by atoms with Crippen LogP contribution in [0, 0.1) is 0 Å². The fourth-order valence-corrected chi connectivity index (χ4v) is 3.92. The molecule has 0 atom stereocenters. The second kappa shape index (κ2) is 7.01. The van der Waals surface area contributed by atoms with Crippen molar-refractivity contribution in [1.29, 1.82) is 0 Å². The molecule has 0 amide bonds. The lowest BCUT2D eigenvalue weighted by molar-refractivity contribution is 0.0697. The summed E-state index contributed by atoms with van der Waals surface area (Å²) in [7, 11) is 0. The zero-order chi connectivity index (χ0) is 20.7. The van der Waals surface area contributed by atoms with Crippen LogP contribution >= 0.6 is 0 Å². The number of phenolic OH excluding ortho intramolecular Hbond substituents is 1. The molecule has 3 N–H and O–H groups in total. The summed E-state index contributed by atoms with van der Waals surface area (Å²) in [5, 5.41) is 29.9. The highest BCUT2D eigenvalue weighted by atomic mass is 16.4. The average molecular weight is 380 g/mol. The Bertz CT molecular complexity index is 934. The lowest BCUT2D eigenvalue weighted by atomic mass is 9.63. The summed E-state index contributed by atoms with van der Waals surface area (Å²) >= 11 is 0. The molecular formula is C24H28O4. The normalized spacial score (nSPS) is 17.8. The minimum absolute atomic E-state index is 0.0325. The van der Waals surface area contributed by atoms with Crippen molar-refractivity contribution in [3.8, 4) is 5.75 Å². The van der Waals surface area contributed by atoms with Crippen LogP contribution in [0.5, 0.6) is 5.75 Å². The highest BCUT2D eigenvalue weighted by molar-refractivity contribution is 5.87. The van der Waals surface area contributed by atoms with Crippen molar-refractivity contribution < 1.29 is 20.1 Å². The monoisotopic (exact) mass is 380 g/mol. The molecule has 28 heavy (non-hydrogen) atoms. The van der Waals surface area contributed by atoms with E-state index in [4.69, 9.17) is 5.11 Å². The number of benzene rings is 2. The third-order valence-corrected chi connectivity index (χ3v) is 5.99. The second-order valence-corrected chi connectivity index (χ2v) is 8.97. The summed E-state index contributed by atoms with van der Waals surface area (Å²) < 4.78 is 0. The predicted octanol–water partition coefficient (Wildman–Crippen LogP) is 5.58. The summed E-state index contributed by atoms with van der Waals surface area (Å²) in [4.78, 5) is 10.9. The molecule has 2 aromatic carbocycles. The molecule has 4 heteroatoms. The van der Waals surface area contributed by atoms with Gasteiger partial charge in [-0.1, -0.05) is 45.9 Å². The van der Waals surface area contributed by atoms with Crippen LogP contribution in [-0.4, -0.2) is 21.3 Å². The Labute approximate surface area is 166 Å². The van der Waals surface area contributed by atoms with Gasteiger partial charge in [-0.3, -0.25) is 0 Å². The number of carboxylic acids is 1. The van der Waals surface area contributed by atoms with Crippen molar-refractivity contribution in [2.45, 2.75) is 57.8 Å². The molecule has 148 valence electrons. The van der Waals surface area contributed by atoms with Gasteiger partial charge in [0.05, 0.1) is 5.56 Å². The minimum atomic E-state index is -1.00. The van der Waals surface area contributed by atoms with E-state index in [0.29, 0.717) is 12.0 Å². The van der Waals surface area contributed by atoms with Crippen LogP contribution in [0.25, 0.3) is 5.76 Å². The number of phenols is 1. The Kier molecular flexibility index (Phi) is 5.00. The van der Waals surface area contributed by atoms with Crippen LogP contribution < -0.4 is 0 Å². The number of aliphatic hydroxyl groups is 1. The summed E-state index contributed by atoms with van der Waals surface area (Å²) in [6.45, 7) is 8.90. The van der Waals surface area contributed by atoms with E-state index in [0.717, 1.165) is 18.4 Å². The summed E-state index contributed by atoms with van der Waals surface area (Å²) in [6, 6.07) is 10.0. The highest BCUT2D eigenvalue weighted by Gasteiger charge is 2.37. The van der Waals surface area contributed by atoms with E-state index in [1.165, 1.54) is 23.3 Å². The number of aromatic hydroxyl groups is 1. The fourth-order valence-electron chi connectivity index (χ4n) is 3.92. The zero-order valence-electron chi connectivity index (χ0n) is 16.9. The number of carboxylic acid groups (broad SMARTS) is 1. The van der Waals surface area contributed by atoms with Crippen LogP contribution in [0.1, 0.15) is 73.1 Å². The van der Waals surface area contributed by atoms with Gasteiger partial charge in [0.25, 0.3) is 0 Å². The van der Waals surface area contributed by atoms with E-state index in [2.05, 4.69) is 33.8 Å². The molecule has 0 heterocycles. The molecule has 0 fully saturated rings. The Morgan fingerprint density at radius 2 is 1.43 bits per heavy atom. The molecule has 0 saturated carbocycles. The number of aliphatic hydroxyl groups excluding tert-OH is 1. The standard InChI is InChI=1S/C24H28O4/c1-23(2)11-12-24(3,4)19-14-21(26)17(13-18(19)23)9-10-20(25)15-5-7-16(8-6-15)22(27)28/h5-8,10,13-14,25-26H,9,11-12H2,1-4H3,(H,27,28)/b20-10+. The number of aromatic carboxylic acids is 1. The average Bonchev–Trinajstić information content (AvgIpc) is 2.64. The third-order valence-electron chi connectivity index (χ3n) is 5.99. The van der Waals surface area contributed by atoms with Gasteiger partial charge >= 0.3 is 5.97 Å². The highest BCUT2D eigenvalue weighted by Crippen LogP contribution is 2.47. The summed E-state index contributed by atoms with van der Waals surface area (Å²) in [6.07, 6.45) is 4.22. The van der Waals surface area contributed by atoms with Gasteiger partial charge in [0.2, 0.25) is 0 Å². The van der Waals surface area contributed by atoms with Gasteiger partial charge < -0.3 is 15.3 Å². The lowest BCUT2D eigenvalue weighted by Gasteiger charge is -2.42. The van der Waals surface area contributed by atoms with E-state index in [1.54, 1.807) is 18.2 Å². The topological polar surface area (TPSA) is 77.8 Å². The lowest BCUT2D eigenvalue weighted by Crippen LogP contribution is -2.33. The van der Waals surface area contributed by atoms with Gasteiger partial charge in [0.1, 0.15) is 11.5 Å². The Balaban J connectivity index is 1.90. The number of hydrogen-bond acceptors (Lipinski definition) is 3. The van der Waals surface area contributed by atoms with E-state index in [-0.39, 0.29) is 27.9 Å². The third kappa shape index (κ3) is 3.77. The molecule has 2 aromatic rings. The van der Waals surface area contributed by atoms with E-state index < -0.39 is 5.97 Å². The van der Waals surface area contributed by atoms with Crippen molar-refractivity contribution in [2.24, 2.45) is 0 Å². The molecule has 0 spiro atoms. The zero-order valence-corrected chi connectivity index (χ0v) is 16.9. The number of rotatable bonds is 4. The SMILES string of the molecule is CC1(C)CCC(C)(C)c2cc(C/C=C(/O)c3ccc(C(=O)O)cc3)c(O)cc21. The van der Waals surface area contributed by atoms with Crippen LogP contribution in [0.2, 0.25) is 0 Å². The molecule has 0 aliphatic heterocycles. The summed E-state index contributed by atoms with van der Waals surface area (Å²) in [5.41, 5.74) is 4.03. The number of fused-ring (bicyclic) bond motifs is 1. The van der Waals surface area contributed by atoms with Gasteiger partial charge in [0.15, 0.2) is 0 Å². The molecule has 0 bridgehead atoms. The van der Waals surface area contributed by atoms with Crippen LogP contribution in [-0.2, 0) is 17.3 Å². The maximum absolute atomic E-state index is 10.9. The van der Waals surface area contributed by atoms with Gasteiger partial charge in [-0.25, -0.2) is 4.79 Å². The minimum Gasteiger partial charge on any atom is -0.508 e. The van der Waals surface area contributed by atoms with Crippen molar-refractivity contribution in [2.75, 3.05) is 0 Å². The summed E-state index contributed by atoms with van der Waals surface area (Å²) in [5.74, 6) is -0.692. The number of carbonyl (C=O) groups is 1. The second-order valence-electron chi connectivity index (χ2n) is 8.97. The van der Waals surface area contributed by atoms with Gasteiger partial charge in [-0.15, -0.1) is 0 Å². The molecule has 0 radical (unpaired) electrons. The Morgan fingerprint density at radius 1 is 0.929 bits per heavy atom. The van der Waals surface area contributed by atoms with Gasteiger partial charge in [-0.05, 0) is 71.1 Å². The Morgan fingerprint density at radius 3 is 1.96 bits per heavy atom. The maximum Gasteiger partial charge on any atom is 0.335 e. The van der Waals surface area contributed by atoms with Crippen molar-refractivity contribution in [3.05, 3.63) is 70.3 Å². The predicted molar refractivity (Wildman–Crippen MR) is 111 cm³/mol. The number of allylic oxidation sites excluding steroid dienone is 1. The van der Waals surface area contributed by atoms with Gasteiger partial charge in [-0.2, -0.15) is 0 Å². The first-order chi connectivity index (χ1) is 13.0. The molecule has 0 unspecified atom stereocenters. The van der Waals surface area contributed by atoms with Crippen LogP contribution in [0.4, 0.5) is 0 Å². The molecule has 3 rings (SSSR count). The Hall–Kier alpha value is -2.75. The molecule has 4 nitrogen and oxygen atoms in total. The first-order valence-corrected chi connectivity index (χ1v) is 9.61. The molecule has 1 aliphatic carbocycles. The first kappa shape index (κ1) is 20.0. The first-order valence-electron chi connectivity index (χ1n) is 9.61. The van der Waals surface area contributed by atoms with Gasteiger partial charge in [0, 0.05) is 5.56 Å².